The maximum absolute atomic E-state index is 15.1. The Hall–Kier alpha value is -2.62. The minimum Gasteiger partial charge on any atom is -0.444 e. The molecule has 2 aromatic carbocycles. The summed E-state index contributed by atoms with van der Waals surface area (Å²) in [7, 11) is 0. The predicted octanol–water partition coefficient (Wildman–Crippen LogP) is 6.35. The van der Waals surface area contributed by atoms with Crippen LogP contribution in [0.25, 0.3) is 0 Å². The van der Waals surface area contributed by atoms with Crippen LogP contribution in [0.5, 0.6) is 0 Å². The second-order valence-corrected chi connectivity index (χ2v) is 12.4. The fourth-order valence-electron chi connectivity index (χ4n) is 4.53. The molecule has 0 bridgehead atoms. The number of alkyl halides is 1. The smallest absolute Gasteiger partial charge is 0.408 e. The minimum atomic E-state index is -1.40. The quantitative estimate of drug-likeness (QED) is 0.386. The molecule has 2 aliphatic rings. The molecule has 0 radical (unpaired) electrons. The van der Waals surface area contributed by atoms with E-state index in [1.807, 2.05) is 18.2 Å². The Morgan fingerprint density at radius 3 is 2.54 bits per heavy atom. The summed E-state index contributed by atoms with van der Waals surface area (Å²) in [5, 5.41) is 3.28. The lowest BCUT2D eigenvalue weighted by molar-refractivity contribution is -0.120. The lowest BCUT2D eigenvalue weighted by Gasteiger charge is -2.29. The van der Waals surface area contributed by atoms with Gasteiger partial charge in [-0.2, -0.15) is 0 Å². The Labute approximate surface area is 237 Å². The van der Waals surface area contributed by atoms with E-state index in [9.17, 15) is 14.4 Å². The summed E-state index contributed by atoms with van der Waals surface area (Å²) in [6.45, 7) is 6.20. The highest BCUT2D eigenvalue weighted by Gasteiger charge is 2.35. The van der Waals surface area contributed by atoms with E-state index in [-0.39, 0.29) is 43.9 Å². The number of hydrogen-bond donors (Lipinski definition) is 1. The van der Waals surface area contributed by atoms with Gasteiger partial charge in [0.05, 0.1) is 12.2 Å². The van der Waals surface area contributed by atoms with Crippen molar-refractivity contribution in [3.63, 3.8) is 0 Å². The van der Waals surface area contributed by atoms with Gasteiger partial charge in [0.15, 0.2) is 5.78 Å². The van der Waals surface area contributed by atoms with Gasteiger partial charge in [-0.3, -0.25) is 9.59 Å². The molecule has 0 aromatic heterocycles. The number of amides is 2. The number of benzene rings is 2. The highest BCUT2D eigenvalue weighted by atomic mass is 35.5. The number of Topliss-reactive ketones (excluding diaryl/α,β-unsaturated/α-hetero) is 1. The van der Waals surface area contributed by atoms with E-state index in [1.165, 1.54) is 11.8 Å². The number of ketones is 1. The van der Waals surface area contributed by atoms with Crippen LogP contribution in [-0.4, -0.2) is 54.1 Å². The van der Waals surface area contributed by atoms with Crippen molar-refractivity contribution in [3.8, 4) is 0 Å². The molecule has 7 nitrogen and oxygen atoms in total. The molecule has 1 saturated heterocycles. The van der Waals surface area contributed by atoms with Crippen molar-refractivity contribution in [1.29, 1.82) is 0 Å². The first kappa shape index (κ1) is 29.4. The third kappa shape index (κ3) is 7.96. The van der Waals surface area contributed by atoms with Gasteiger partial charge in [-0.1, -0.05) is 29.8 Å². The molecule has 39 heavy (non-hydrogen) atoms. The third-order valence-electron chi connectivity index (χ3n) is 6.68. The first-order valence-electron chi connectivity index (χ1n) is 13.0. The zero-order valence-electron chi connectivity index (χ0n) is 22.4. The summed E-state index contributed by atoms with van der Waals surface area (Å²) in [6.07, 6.45) is 0.0997. The van der Waals surface area contributed by atoms with E-state index >= 15 is 4.39 Å². The van der Waals surface area contributed by atoms with Crippen molar-refractivity contribution >= 4 is 46.8 Å². The summed E-state index contributed by atoms with van der Waals surface area (Å²) in [4.78, 5) is 41.8. The summed E-state index contributed by atoms with van der Waals surface area (Å²) >= 11 is 7.47. The van der Waals surface area contributed by atoms with Gasteiger partial charge in [0, 0.05) is 53.7 Å². The average molecular weight is 577 g/mol. The summed E-state index contributed by atoms with van der Waals surface area (Å²) in [6, 6.07) is 11.5. The summed E-state index contributed by atoms with van der Waals surface area (Å²) in [5.41, 5.74) is -0.295. The second-order valence-electron chi connectivity index (χ2n) is 10.9. The number of anilines is 1. The number of carbonyl (C=O) groups excluding carboxylic acids is 3. The van der Waals surface area contributed by atoms with Crippen LogP contribution in [0, 0.1) is 0 Å². The standard InChI is InChI=1S/C29H34ClFN2O5S/c1-28(2,3)38-27(36)32-22-18-39-25-9-6-20(24(34)10-11-29(31)12-14-37-15-13-29)16-23(25)33(26(22)35)17-19-4-7-21(30)8-5-19/h4-9,16,22H,10-15,17-18H2,1-3H3,(H,32,36)/t22-/m0/s1. The van der Waals surface area contributed by atoms with Crippen molar-refractivity contribution in [2.75, 3.05) is 23.9 Å². The number of nitrogens with one attached hydrogen (secondary N) is 1. The fraction of sp³-hybridized carbons (Fsp3) is 0.483. The number of ether oxygens (including phenoxy) is 2. The first-order valence-corrected chi connectivity index (χ1v) is 14.4. The van der Waals surface area contributed by atoms with Crippen molar-refractivity contribution < 1.29 is 28.2 Å². The number of fused-ring (bicyclic) bond motifs is 1. The largest absolute Gasteiger partial charge is 0.444 e. The molecule has 10 heteroatoms. The number of alkyl carbamates (subject to hydrolysis) is 1. The van der Waals surface area contributed by atoms with Crippen LogP contribution in [0.3, 0.4) is 0 Å². The van der Waals surface area contributed by atoms with Gasteiger partial charge in [-0.05, 0) is 57.0 Å². The molecule has 2 aliphatic heterocycles. The van der Waals surface area contributed by atoms with Crippen molar-refractivity contribution in [3.05, 3.63) is 58.6 Å². The zero-order valence-corrected chi connectivity index (χ0v) is 24.0. The van der Waals surface area contributed by atoms with Gasteiger partial charge in [0.2, 0.25) is 0 Å². The predicted molar refractivity (Wildman–Crippen MR) is 150 cm³/mol. The second kappa shape index (κ2) is 12.3. The molecule has 1 fully saturated rings. The van der Waals surface area contributed by atoms with E-state index in [4.69, 9.17) is 21.1 Å². The number of halogens is 2. The van der Waals surface area contributed by atoms with Gasteiger partial charge < -0.3 is 19.7 Å². The van der Waals surface area contributed by atoms with E-state index in [0.717, 1.165) is 10.5 Å². The highest BCUT2D eigenvalue weighted by molar-refractivity contribution is 7.99. The molecule has 1 atom stereocenters. The minimum absolute atomic E-state index is 0.0659. The van der Waals surface area contributed by atoms with Crippen molar-refractivity contribution in [2.45, 2.75) is 75.2 Å². The Balaban J connectivity index is 1.59. The molecular weight excluding hydrogens is 543 g/mol. The molecule has 2 heterocycles. The van der Waals surface area contributed by atoms with Crippen LogP contribution in [0.15, 0.2) is 47.4 Å². The molecule has 2 aromatic rings. The van der Waals surface area contributed by atoms with Crippen LogP contribution in [0.1, 0.15) is 62.4 Å². The van der Waals surface area contributed by atoms with Crippen LogP contribution in [0.4, 0.5) is 14.9 Å². The van der Waals surface area contributed by atoms with Crippen LogP contribution in [0.2, 0.25) is 5.02 Å². The normalized spacial score (nSPS) is 19.2. The molecule has 1 N–H and O–H groups in total. The topological polar surface area (TPSA) is 84.9 Å². The van der Waals surface area contributed by atoms with Crippen LogP contribution < -0.4 is 10.2 Å². The third-order valence-corrected chi connectivity index (χ3v) is 8.08. The molecule has 210 valence electrons. The Morgan fingerprint density at radius 2 is 1.87 bits per heavy atom. The lowest BCUT2D eigenvalue weighted by atomic mass is 9.89. The number of carbonyl (C=O) groups is 3. The Kier molecular flexibility index (Phi) is 9.24. The van der Waals surface area contributed by atoms with E-state index in [0.29, 0.717) is 35.2 Å². The van der Waals surface area contributed by atoms with Gasteiger partial charge in [-0.25, -0.2) is 9.18 Å². The lowest BCUT2D eigenvalue weighted by Crippen LogP contribution is -2.50. The zero-order chi connectivity index (χ0) is 28.2. The maximum Gasteiger partial charge on any atom is 0.408 e. The van der Waals surface area contributed by atoms with Gasteiger partial charge in [-0.15, -0.1) is 11.8 Å². The van der Waals surface area contributed by atoms with Crippen LogP contribution in [-0.2, 0) is 20.8 Å². The number of hydrogen-bond acceptors (Lipinski definition) is 6. The number of nitrogens with zero attached hydrogens (tertiary/aromatic N) is 1. The molecule has 2 amide bonds. The number of thioether (sulfide) groups is 1. The molecule has 0 unspecified atom stereocenters. The number of rotatable bonds is 7. The van der Waals surface area contributed by atoms with Crippen molar-refractivity contribution in [2.24, 2.45) is 0 Å². The SMILES string of the molecule is CC(C)(C)OC(=O)N[C@H]1CSc2ccc(C(=O)CCC3(F)CCOCC3)cc2N(Cc2ccc(Cl)cc2)C1=O. The van der Waals surface area contributed by atoms with E-state index in [2.05, 4.69) is 5.32 Å². The maximum atomic E-state index is 15.1. The Bertz CT molecular complexity index is 1210. The molecule has 4 rings (SSSR count). The molecule has 0 spiro atoms. The highest BCUT2D eigenvalue weighted by Crippen LogP contribution is 2.37. The molecule has 0 saturated carbocycles. The van der Waals surface area contributed by atoms with Gasteiger partial charge in [0.1, 0.15) is 17.3 Å². The summed E-state index contributed by atoms with van der Waals surface area (Å²) in [5.74, 6) is -0.212. The van der Waals surface area contributed by atoms with E-state index in [1.54, 1.807) is 49.9 Å². The van der Waals surface area contributed by atoms with Crippen molar-refractivity contribution in [1.82, 2.24) is 5.32 Å². The first-order chi connectivity index (χ1) is 18.4. The Morgan fingerprint density at radius 1 is 1.18 bits per heavy atom. The van der Waals surface area contributed by atoms with Crippen LogP contribution >= 0.6 is 23.4 Å². The summed E-state index contributed by atoms with van der Waals surface area (Å²) < 4.78 is 25.7. The fourth-order valence-corrected chi connectivity index (χ4v) is 5.71. The molecular formula is C29H34ClFN2O5S. The average Bonchev–Trinajstić information content (AvgIpc) is 3.00. The van der Waals surface area contributed by atoms with Gasteiger partial charge in [0.25, 0.3) is 5.91 Å². The monoisotopic (exact) mass is 576 g/mol. The van der Waals surface area contributed by atoms with Gasteiger partial charge >= 0.3 is 6.09 Å². The molecule has 0 aliphatic carbocycles. The van der Waals surface area contributed by atoms with E-state index < -0.39 is 23.4 Å².